The molecule has 0 bridgehead atoms. The van der Waals surface area contributed by atoms with E-state index in [4.69, 9.17) is 0 Å². The van der Waals surface area contributed by atoms with E-state index in [0.717, 1.165) is 141 Å². The highest BCUT2D eigenvalue weighted by Gasteiger charge is 2.56. The maximum Gasteiger partial charge on any atom is 0.0629 e. The smallest absolute Gasteiger partial charge is 0.0629 e. The number of nitrogens with zero attached hydrogens (tertiary/aromatic N) is 4. The summed E-state index contributed by atoms with van der Waals surface area (Å²) >= 11 is 5.08. The van der Waals surface area contributed by atoms with Gasteiger partial charge in [-0.15, -0.1) is 0 Å². The van der Waals surface area contributed by atoms with E-state index in [1.807, 2.05) is 0 Å². The highest BCUT2D eigenvalue weighted by atomic mass is 32.2. The van der Waals surface area contributed by atoms with E-state index in [1.54, 1.807) is 64.2 Å². The molecule has 11 saturated carbocycles. The minimum atomic E-state index is 0.630. The zero-order chi connectivity index (χ0) is 51.8. The van der Waals surface area contributed by atoms with Gasteiger partial charge in [-0.3, -0.25) is 30.2 Å². The molecule has 6 nitrogen and oxygen atoms in total. The van der Waals surface area contributed by atoms with E-state index in [-0.39, 0.29) is 0 Å². The van der Waals surface area contributed by atoms with Crippen molar-refractivity contribution in [2.75, 3.05) is 14.1 Å². The van der Waals surface area contributed by atoms with Gasteiger partial charge in [0.05, 0.1) is 12.3 Å². The molecule has 4 aliphatic heterocycles. The van der Waals surface area contributed by atoms with E-state index in [2.05, 4.69) is 67.9 Å². The molecule has 0 amide bonds. The minimum Gasteiger partial charge on any atom is -0.297 e. The summed E-state index contributed by atoms with van der Waals surface area (Å²) in [4.78, 5) is 12.8. The van der Waals surface area contributed by atoms with Gasteiger partial charge in [0, 0.05) is 81.4 Å². The molecule has 15 fully saturated rings. The summed E-state index contributed by atoms with van der Waals surface area (Å²) in [5, 5.41) is 12.6. The summed E-state index contributed by atoms with van der Waals surface area (Å²) in [6.45, 7) is 0. The van der Waals surface area contributed by atoms with Crippen molar-refractivity contribution in [3.63, 3.8) is 0 Å². The average Bonchev–Trinajstić information content (AvgIpc) is 4.08. The van der Waals surface area contributed by atoms with Gasteiger partial charge in [0.15, 0.2) is 0 Å². The second-order valence-corrected chi connectivity index (χ2v) is 34.8. The fraction of sp³-hybridized carbons (Fsp3) is 1.00. The Labute approximate surface area is 487 Å². The van der Waals surface area contributed by atoms with Gasteiger partial charge in [0.25, 0.3) is 0 Å². The van der Waals surface area contributed by atoms with Crippen molar-refractivity contribution < 1.29 is 0 Å². The molecule has 24 atom stereocenters. The van der Waals surface area contributed by atoms with Crippen molar-refractivity contribution in [2.24, 2.45) is 59.2 Å². The Morgan fingerprint density at radius 1 is 0.282 bits per heavy atom. The predicted molar refractivity (Wildman–Crippen MR) is 330 cm³/mol. The molecule has 0 aromatic rings. The largest absolute Gasteiger partial charge is 0.297 e. The predicted octanol–water partition coefficient (Wildman–Crippen LogP) is 15.7. The van der Waals surface area contributed by atoms with Gasteiger partial charge in [0.2, 0.25) is 0 Å². The third-order valence-electron chi connectivity index (χ3n) is 28.2. The van der Waals surface area contributed by atoms with Crippen LogP contribution in [0.2, 0.25) is 0 Å². The summed E-state index contributed by atoms with van der Waals surface area (Å²) < 4.78 is 0. The van der Waals surface area contributed by atoms with Crippen molar-refractivity contribution >= 4 is 23.5 Å². The molecule has 440 valence electrons. The van der Waals surface area contributed by atoms with Gasteiger partial charge in [0.1, 0.15) is 0 Å². The molecule has 15 aliphatic rings. The van der Waals surface area contributed by atoms with Crippen LogP contribution >= 0.6 is 23.5 Å². The molecular weight excluding hydrogens is 989 g/mol. The molecule has 4 heterocycles. The Hall–Kier alpha value is 0.460. The third kappa shape index (κ3) is 10.6. The van der Waals surface area contributed by atoms with Crippen LogP contribution in [-0.2, 0) is 0 Å². The van der Waals surface area contributed by atoms with Gasteiger partial charge >= 0.3 is 0 Å². The quantitative estimate of drug-likeness (QED) is 0.249. The summed E-state index contributed by atoms with van der Waals surface area (Å²) in [5.41, 5.74) is 0. The Kier molecular flexibility index (Phi) is 17.2. The summed E-state index contributed by atoms with van der Waals surface area (Å²) in [6, 6.07) is 8.40. The van der Waals surface area contributed by atoms with E-state index in [1.165, 1.54) is 205 Å². The molecule has 24 unspecified atom stereocenters. The lowest BCUT2D eigenvalue weighted by atomic mass is 9.50. The first kappa shape index (κ1) is 55.1. The fourth-order valence-electron chi connectivity index (χ4n) is 25.1. The number of nitrogens with one attached hydrogen (secondary N) is 2. The lowest BCUT2D eigenvalue weighted by Gasteiger charge is -2.60. The van der Waals surface area contributed by atoms with Crippen LogP contribution in [0, 0.1) is 59.2 Å². The van der Waals surface area contributed by atoms with Gasteiger partial charge in [-0.05, 0) is 215 Å². The normalized spacial score (nSPS) is 53.0. The Morgan fingerprint density at radius 2 is 0.628 bits per heavy atom. The lowest BCUT2D eigenvalue weighted by Crippen LogP contribution is -2.63. The SMILES string of the molecule is CN1C2CCCCC2NC1C1CCCC(C2CC(C3CCCC(N4C5CCCCC5SC5CCCCC54)C3)C(C3CCCC(C4NC5CCCCC5N4C)C3)C(C3CCCC(N4C5CCCCC5SC5CCCCC54)C3)C2)C1. The molecule has 11 aliphatic carbocycles. The molecular formula is C70H118N6S2. The maximum atomic E-state index is 4.46. The van der Waals surface area contributed by atoms with E-state index >= 15 is 0 Å². The Balaban J connectivity index is 0.780. The summed E-state index contributed by atoms with van der Waals surface area (Å²) in [7, 11) is 5.15. The Bertz CT molecular complexity index is 1850. The molecule has 78 heavy (non-hydrogen) atoms. The van der Waals surface area contributed by atoms with Gasteiger partial charge < -0.3 is 0 Å². The molecule has 8 heteroatoms. The minimum absolute atomic E-state index is 0.630. The number of likely N-dealkylation sites (N-methyl/N-ethyl adjacent to an activating group) is 2. The van der Waals surface area contributed by atoms with Crippen LogP contribution in [0.25, 0.3) is 0 Å². The molecule has 0 spiro atoms. The van der Waals surface area contributed by atoms with Crippen LogP contribution in [0.4, 0.5) is 0 Å². The van der Waals surface area contributed by atoms with Crippen LogP contribution < -0.4 is 10.6 Å². The number of fused-ring (bicyclic) bond motifs is 6. The zero-order valence-electron chi connectivity index (χ0n) is 50.3. The summed E-state index contributed by atoms with van der Waals surface area (Å²) in [6.07, 6.45) is 64.9. The highest BCUT2D eigenvalue weighted by Crippen LogP contribution is 2.61. The molecule has 0 aromatic heterocycles. The summed E-state index contributed by atoms with van der Waals surface area (Å²) in [5.74, 6) is 9.41. The molecule has 4 saturated heterocycles. The fourth-order valence-corrected chi connectivity index (χ4v) is 29.0. The number of hydrogen-bond donors (Lipinski definition) is 2. The molecule has 0 aromatic carbocycles. The third-order valence-corrected chi connectivity index (χ3v) is 31.8. The first-order valence-corrected chi connectivity index (χ1v) is 38.2. The maximum absolute atomic E-state index is 4.46. The number of thioether (sulfide) groups is 2. The van der Waals surface area contributed by atoms with E-state index in [9.17, 15) is 0 Å². The van der Waals surface area contributed by atoms with E-state index in [0.29, 0.717) is 12.3 Å². The lowest BCUT2D eigenvalue weighted by molar-refractivity contribution is -0.0791. The van der Waals surface area contributed by atoms with Crippen LogP contribution in [0.3, 0.4) is 0 Å². The van der Waals surface area contributed by atoms with Crippen molar-refractivity contribution in [1.29, 1.82) is 0 Å². The van der Waals surface area contributed by atoms with Crippen molar-refractivity contribution in [2.45, 2.75) is 363 Å². The standard InChI is InChI=1S/C70H118N6S2/c1-73-58-29-5-3-27-56(58)71-69(73)49-23-15-19-45(39-49)51-43-54(46-20-17-25-52(41-46)75-60-31-7-11-35-64(60)77-65-36-12-8-32-61(65)75)68(48-22-16-24-50(40-48)70-72-57-28-4-6-30-59(57)74(70)2)55(44-51)47-21-18-26-53(42-47)76-62-33-9-13-37-66(62)78-67-38-14-10-34-63(67)76/h45-72H,3-44H2,1-2H3. The van der Waals surface area contributed by atoms with Crippen molar-refractivity contribution in [1.82, 2.24) is 30.2 Å². The number of rotatable bonds is 8. The van der Waals surface area contributed by atoms with Crippen LogP contribution in [0.1, 0.15) is 270 Å². The second kappa shape index (κ2) is 24.3. The van der Waals surface area contributed by atoms with Crippen LogP contribution in [0.5, 0.6) is 0 Å². The highest BCUT2D eigenvalue weighted by molar-refractivity contribution is 8.00. The van der Waals surface area contributed by atoms with Crippen molar-refractivity contribution in [3.8, 4) is 0 Å². The molecule has 0 radical (unpaired) electrons. The zero-order valence-corrected chi connectivity index (χ0v) is 51.9. The van der Waals surface area contributed by atoms with E-state index < -0.39 is 0 Å². The number of hydrogen-bond acceptors (Lipinski definition) is 8. The molecule has 15 rings (SSSR count). The topological polar surface area (TPSA) is 37.0 Å². The van der Waals surface area contributed by atoms with Gasteiger partial charge in [-0.1, -0.05) is 128 Å². The van der Waals surface area contributed by atoms with Crippen LogP contribution in [0.15, 0.2) is 0 Å². The van der Waals surface area contributed by atoms with Crippen LogP contribution in [-0.4, -0.2) is 127 Å². The first-order chi connectivity index (χ1) is 38.5. The second-order valence-electron chi connectivity index (χ2n) is 31.9. The van der Waals surface area contributed by atoms with Gasteiger partial charge in [-0.25, -0.2) is 0 Å². The first-order valence-electron chi connectivity index (χ1n) is 36.3. The van der Waals surface area contributed by atoms with Crippen molar-refractivity contribution in [3.05, 3.63) is 0 Å². The average molecular weight is 1110 g/mol. The monoisotopic (exact) mass is 1110 g/mol. The molecule has 2 N–H and O–H groups in total. The Morgan fingerprint density at radius 3 is 1.06 bits per heavy atom. The van der Waals surface area contributed by atoms with Gasteiger partial charge in [-0.2, -0.15) is 23.5 Å².